The molecule has 1 atom stereocenters. The molecule has 0 aliphatic carbocycles. The van der Waals surface area contributed by atoms with Crippen molar-refractivity contribution in [2.75, 3.05) is 23.9 Å². The molecular formula is C31H35ClF3N3O4S. The molecule has 7 nitrogen and oxygen atoms in total. The average molecular weight is 638 g/mol. The molecule has 2 amide bonds. The number of benzene rings is 3. The molecule has 0 spiro atoms. The fourth-order valence-corrected chi connectivity index (χ4v) is 6.23. The van der Waals surface area contributed by atoms with Crippen LogP contribution in [0, 0.1) is 0 Å². The zero-order chi connectivity index (χ0) is 31.6. The van der Waals surface area contributed by atoms with E-state index in [0.29, 0.717) is 23.3 Å². The number of anilines is 1. The summed E-state index contributed by atoms with van der Waals surface area (Å²) in [6, 6.07) is 17.6. The lowest BCUT2D eigenvalue weighted by Crippen LogP contribution is -2.53. The van der Waals surface area contributed by atoms with E-state index in [1.165, 1.54) is 29.2 Å². The van der Waals surface area contributed by atoms with Gasteiger partial charge >= 0.3 is 6.18 Å². The molecule has 0 saturated carbocycles. The van der Waals surface area contributed by atoms with E-state index in [1.54, 1.807) is 13.0 Å². The number of hydrogen-bond donors (Lipinski definition) is 1. The van der Waals surface area contributed by atoms with Gasteiger partial charge in [0, 0.05) is 13.1 Å². The van der Waals surface area contributed by atoms with Crippen LogP contribution in [-0.4, -0.2) is 50.8 Å². The molecule has 0 radical (unpaired) electrons. The molecule has 0 aliphatic rings. The van der Waals surface area contributed by atoms with Gasteiger partial charge < -0.3 is 10.2 Å². The van der Waals surface area contributed by atoms with E-state index in [4.69, 9.17) is 11.6 Å². The number of nitrogens with zero attached hydrogens (tertiary/aromatic N) is 2. The zero-order valence-corrected chi connectivity index (χ0v) is 25.6. The topological polar surface area (TPSA) is 86.8 Å². The quantitative estimate of drug-likeness (QED) is 0.210. The number of carbonyl (C=O) groups is 2. The van der Waals surface area contributed by atoms with E-state index in [9.17, 15) is 31.2 Å². The summed E-state index contributed by atoms with van der Waals surface area (Å²) >= 11 is 6.29. The second-order valence-electron chi connectivity index (χ2n) is 9.88. The fourth-order valence-electron chi connectivity index (χ4n) is 4.52. The molecule has 3 rings (SSSR count). The second kappa shape index (κ2) is 15.2. The van der Waals surface area contributed by atoms with Crippen LogP contribution in [0.1, 0.15) is 44.2 Å². The van der Waals surface area contributed by atoms with E-state index >= 15 is 0 Å². The Morgan fingerprint density at radius 3 is 2.16 bits per heavy atom. The Hall–Kier alpha value is -3.57. The van der Waals surface area contributed by atoms with Gasteiger partial charge in [-0.05, 0) is 55.2 Å². The van der Waals surface area contributed by atoms with Crippen molar-refractivity contribution in [1.29, 1.82) is 0 Å². The minimum atomic E-state index is -4.79. The van der Waals surface area contributed by atoms with E-state index in [1.807, 2.05) is 37.3 Å². The van der Waals surface area contributed by atoms with E-state index in [-0.39, 0.29) is 22.9 Å². The van der Waals surface area contributed by atoms with Crippen LogP contribution in [0.5, 0.6) is 0 Å². The molecule has 232 valence electrons. The first-order valence-electron chi connectivity index (χ1n) is 14.0. The molecule has 0 aromatic heterocycles. The average Bonchev–Trinajstić information content (AvgIpc) is 2.98. The van der Waals surface area contributed by atoms with Gasteiger partial charge in [-0.25, -0.2) is 8.42 Å². The smallest absolute Gasteiger partial charge is 0.354 e. The fraction of sp³-hybridized carbons (Fsp3) is 0.355. The Kier molecular flexibility index (Phi) is 12.0. The largest absolute Gasteiger partial charge is 0.416 e. The van der Waals surface area contributed by atoms with Gasteiger partial charge in [-0.1, -0.05) is 80.4 Å². The molecule has 3 aromatic carbocycles. The van der Waals surface area contributed by atoms with Gasteiger partial charge in [-0.2, -0.15) is 13.2 Å². The highest BCUT2D eigenvalue weighted by atomic mass is 35.5. The van der Waals surface area contributed by atoms with E-state index in [0.717, 1.165) is 30.5 Å². The molecule has 43 heavy (non-hydrogen) atoms. The molecule has 12 heteroatoms. The maximum Gasteiger partial charge on any atom is 0.416 e. The SMILES string of the molecule is CCCCNC(=O)C(CC)N(CCc1ccccc1)C(=O)CN(c1cc(C(F)(F)F)ccc1Cl)S(=O)(=O)c1ccccc1. The minimum absolute atomic E-state index is 0.0676. The van der Waals surface area contributed by atoms with Crippen molar-refractivity contribution < 1.29 is 31.2 Å². The maximum absolute atomic E-state index is 14.0. The molecule has 0 fully saturated rings. The third-order valence-electron chi connectivity index (χ3n) is 6.85. The van der Waals surface area contributed by atoms with Gasteiger partial charge in [0.1, 0.15) is 12.6 Å². The highest BCUT2D eigenvalue weighted by molar-refractivity contribution is 7.92. The van der Waals surface area contributed by atoms with Crippen LogP contribution in [0.2, 0.25) is 5.02 Å². The van der Waals surface area contributed by atoms with Gasteiger partial charge in [-0.3, -0.25) is 13.9 Å². The predicted octanol–water partition coefficient (Wildman–Crippen LogP) is 6.32. The first-order valence-corrected chi connectivity index (χ1v) is 15.8. The van der Waals surface area contributed by atoms with Crippen molar-refractivity contribution in [3.63, 3.8) is 0 Å². The third kappa shape index (κ3) is 8.96. The number of rotatable bonds is 14. The van der Waals surface area contributed by atoms with Crippen LogP contribution in [-0.2, 0) is 32.2 Å². The lowest BCUT2D eigenvalue weighted by molar-refractivity contribution is -0.139. The van der Waals surface area contributed by atoms with Crippen molar-refractivity contribution in [2.24, 2.45) is 0 Å². The highest BCUT2D eigenvalue weighted by Crippen LogP contribution is 2.37. The summed E-state index contributed by atoms with van der Waals surface area (Å²) < 4.78 is 69.3. The number of halogens is 4. The van der Waals surface area contributed by atoms with Crippen LogP contribution >= 0.6 is 11.6 Å². The van der Waals surface area contributed by atoms with Crippen LogP contribution in [0.4, 0.5) is 18.9 Å². The Bertz CT molecular complexity index is 1470. The second-order valence-corrected chi connectivity index (χ2v) is 12.1. The molecule has 0 heterocycles. The molecule has 0 saturated heterocycles. The van der Waals surface area contributed by atoms with Crippen molar-refractivity contribution in [3.8, 4) is 0 Å². The Morgan fingerprint density at radius 1 is 0.953 bits per heavy atom. The van der Waals surface area contributed by atoms with Crippen molar-refractivity contribution >= 4 is 39.1 Å². The van der Waals surface area contributed by atoms with Crippen molar-refractivity contribution in [1.82, 2.24) is 10.2 Å². The van der Waals surface area contributed by atoms with Gasteiger partial charge in [-0.15, -0.1) is 0 Å². The lowest BCUT2D eigenvalue weighted by Gasteiger charge is -2.33. The Morgan fingerprint density at radius 2 is 1.58 bits per heavy atom. The minimum Gasteiger partial charge on any atom is -0.354 e. The maximum atomic E-state index is 14.0. The van der Waals surface area contributed by atoms with Crippen LogP contribution in [0.25, 0.3) is 0 Å². The Balaban J connectivity index is 2.08. The summed E-state index contributed by atoms with van der Waals surface area (Å²) in [5.74, 6) is -1.16. The summed E-state index contributed by atoms with van der Waals surface area (Å²) in [7, 11) is -4.57. The highest BCUT2D eigenvalue weighted by Gasteiger charge is 2.36. The number of alkyl halides is 3. The number of hydrogen-bond acceptors (Lipinski definition) is 4. The van der Waals surface area contributed by atoms with Crippen molar-refractivity contribution in [2.45, 2.75) is 56.6 Å². The number of sulfonamides is 1. The molecule has 0 bridgehead atoms. The molecule has 1 N–H and O–H groups in total. The molecular weight excluding hydrogens is 603 g/mol. The number of amides is 2. The number of unbranched alkanes of at least 4 members (excludes halogenated alkanes) is 1. The van der Waals surface area contributed by atoms with Crippen LogP contribution in [0.15, 0.2) is 83.8 Å². The summed E-state index contributed by atoms with van der Waals surface area (Å²) in [5.41, 5.74) is -0.747. The van der Waals surface area contributed by atoms with E-state index in [2.05, 4.69) is 5.32 Å². The monoisotopic (exact) mass is 637 g/mol. The third-order valence-corrected chi connectivity index (χ3v) is 8.95. The normalized spacial score (nSPS) is 12.4. The lowest BCUT2D eigenvalue weighted by atomic mass is 10.1. The van der Waals surface area contributed by atoms with Crippen molar-refractivity contribution in [3.05, 3.63) is 95.0 Å². The van der Waals surface area contributed by atoms with Gasteiger partial charge in [0.15, 0.2) is 0 Å². The van der Waals surface area contributed by atoms with Gasteiger partial charge in [0.2, 0.25) is 11.8 Å². The van der Waals surface area contributed by atoms with Crippen LogP contribution < -0.4 is 9.62 Å². The summed E-state index contributed by atoms with van der Waals surface area (Å²) in [4.78, 5) is 28.3. The summed E-state index contributed by atoms with van der Waals surface area (Å²) in [6.45, 7) is 3.29. The summed E-state index contributed by atoms with van der Waals surface area (Å²) in [5, 5.41) is 2.54. The summed E-state index contributed by atoms with van der Waals surface area (Å²) in [6.07, 6.45) is -2.62. The van der Waals surface area contributed by atoms with Gasteiger partial charge in [0.25, 0.3) is 10.0 Å². The first-order chi connectivity index (χ1) is 20.4. The zero-order valence-electron chi connectivity index (χ0n) is 24.0. The number of nitrogens with one attached hydrogen (secondary N) is 1. The standard InChI is InChI=1S/C31H35ClF3N3O4S/c1-3-5-19-36-30(40)27(4-2)37(20-18-23-12-8-6-9-13-23)29(39)22-38(43(41,42)25-14-10-7-11-15-25)28-21-24(31(33,34)35)16-17-26(28)32/h6-17,21,27H,3-5,18-20,22H2,1-2H3,(H,36,40). The van der Waals surface area contributed by atoms with Gasteiger partial charge in [0.05, 0.1) is 21.2 Å². The molecule has 1 unspecified atom stereocenters. The predicted molar refractivity (Wildman–Crippen MR) is 161 cm³/mol. The number of carbonyl (C=O) groups excluding carboxylic acids is 2. The molecule has 3 aromatic rings. The first kappa shape index (κ1) is 33.9. The van der Waals surface area contributed by atoms with Crippen LogP contribution in [0.3, 0.4) is 0 Å². The Labute approximate surface area is 255 Å². The van der Waals surface area contributed by atoms with E-state index < -0.39 is 51.9 Å². The molecule has 0 aliphatic heterocycles.